The zero-order chi connectivity index (χ0) is 42.5. The Balaban J connectivity index is 2.19. The molecule has 14 nitrogen and oxygen atoms in total. The average Bonchev–Trinajstić information content (AvgIpc) is 3.10. The number of hydrogen-bond donors (Lipinski definition) is 3. The van der Waals surface area contributed by atoms with E-state index in [1.807, 2.05) is 67.6 Å². The molecular formula is C42H78N2O12. The molecule has 0 aromatic rings. The molecule has 0 bridgehead atoms. The van der Waals surface area contributed by atoms with Gasteiger partial charge in [0.1, 0.15) is 23.9 Å². The number of esters is 2. The zero-order valence-electron chi connectivity index (χ0n) is 37.2. The molecule has 0 aromatic heterocycles. The minimum absolute atomic E-state index is 0.0907. The van der Waals surface area contributed by atoms with Gasteiger partial charge in [-0.1, -0.05) is 27.7 Å². The lowest BCUT2D eigenvalue weighted by Gasteiger charge is -2.48. The smallest absolute Gasteiger partial charge is 0.311 e. The minimum atomic E-state index is -1.78. The first-order valence-corrected chi connectivity index (χ1v) is 21.0. The maximum Gasteiger partial charge on any atom is 0.311 e. The lowest BCUT2D eigenvalue weighted by Crippen LogP contribution is -2.60. The summed E-state index contributed by atoms with van der Waals surface area (Å²) in [5, 5.41) is 35.9. The van der Waals surface area contributed by atoms with Crippen LogP contribution in [0.25, 0.3) is 0 Å². The summed E-state index contributed by atoms with van der Waals surface area (Å²) in [6.07, 6.45) is -4.34. The van der Waals surface area contributed by atoms with E-state index in [2.05, 4.69) is 4.90 Å². The fourth-order valence-corrected chi connectivity index (χ4v) is 9.29. The Kier molecular flexibility index (Phi) is 17.6. The molecule has 0 aromatic carbocycles. The van der Waals surface area contributed by atoms with Gasteiger partial charge in [0.2, 0.25) is 0 Å². The first-order valence-electron chi connectivity index (χ1n) is 21.0. The van der Waals surface area contributed by atoms with Gasteiger partial charge < -0.3 is 53.4 Å². The number of carbonyl (C=O) groups is 2. The molecule has 3 aliphatic rings. The summed E-state index contributed by atoms with van der Waals surface area (Å²) in [6, 6.07) is -0.304. The van der Waals surface area contributed by atoms with Gasteiger partial charge in [-0.2, -0.15) is 0 Å². The maximum absolute atomic E-state index is 14.5. The number of carbonyl (C=O) groups excluding carboxylic acids is 2. The van der Waals surface area contributed by atoms with Crippen molar-refractivity contribution in [2.24, 2.45) is 17.8 Å². The van der Waals surface area contributed by atoms with Crippen LogP contribution in [0, 0.1) is 17.8 Å². The van der Waals surface area contributed by atoms with E-state index >= 15 is 0 Å². The van der Waals surface area contributed by atoms with Crippen LogP contribution in [0.15, 0.2) is 0 Å². The highest BCUT2D eigenvalue weighted by Crippen LogP contribution is 2.40. The van der Waals surface area contributed by atoms with E-state index in [1.165, 1.54) is 7.11 Å². The van der Waals surface area contributed by atoms with Crippen LogP contribution in [-0.2, 0) is 42.7 Å². The fraction of sp³-hybridized carbons (Fsp3) is 0.952. The van der Waals surface area contributed by atoms with E-state index < -0.39 is 95.8 Å². The number of rotatable bonds is 10. The van der Waals surface area contributed by atoms with Crippen molar-refractivity contribution < 1.29 is 58.1 Å². The van der Waals surface area contributed by atoms with E-state index in [0.29, 0.717) is 25.8 Å². The molecule has 3 aliphatic heterocycles. The fourth-order valence-electron chi connectivity index (χ4n) is 9.29. The molecule has 0 amide bonds. The number of likely N-dealkylation sites (N-methyl/N-ethyl adjacent to an activating group) is 1. The van der Waals surface area contributed by atoms with Crippen LogP contribution in [0.5, 0.6) is 0 Å². The van der Waals surface area contributed by atoms with E-state index in [-0.39, 0.29) is 37.3 Å². The highest BCUT2D eigenvalue weighted by molar-refractivity contribution is 5.73. The van der Waals surface area contributed by atoms with Gasteiger partial charge >= 0.3 is 11.9 Å². The van der Waals surface area contributed by atoms with Crippen LogP contribution in [0.3, 0.4) is 0 Å². The van der Waals surface area contributed by atoms with Gasteiger partial charge in [0.05, 0.1) is 41.5 Å². The second-order valence-electron chi connectivity index (χ2n) is 18.3. The van der Waals surface area contributed by atoms with Crippen molar-refractivity contribution >= 4 is 11.9 Å². The van der Waals surface area contributed by atoms with Gasteiger partial charge in [-0.25, -0.2) is 0 Å². The summed E-state index contributed by atoms with van der Waals surface area (Å²) in [5.41, 5.74) is -4.24. The molecule has 0 radical (unpaired) electrons. The summed E-state index contributed by atoms with van der Waals surface area (Å²) in [5.74, 6) is -2.83. The average molecular weight is 803 g/mol. The second kappa shape index (κ2) is 20.2. The second-order valence-corrected chi connectivity index (χ2v) is 18.3. The largest absolute Gasteiger partial charge is 0.459 e. The third-order valence-electron chi connectivity index (χ3n) is 12.8. The summed E-state index contributed by atoms with van der Waals surface area (Å²) < 4.78 is 44.3. The van der Waals surface area contributed by atoms with E-state index in [4.69, 9.17) is 33.2 Å². The van der Waals surface area contributed by atoms with Gasteiger partial charge in [-0.05, 0) is 101 Å². The zero-order valence-corrected chi connectivity index (χ0v) is 37.2. The summed E-state index contributed by atoms with van der Waals surface area (Å²) >= 11 is 0. The third-order valence-corrected chi connectivity index (χ3v) is 12.8. The highest BCUT2D eigenvalue weighted by Gasteiger charge is 2.52. The van der Waals surface area contributed by atoms with Crippen LogP contribution >= 0.6 is 0 Å². The number of ether oxygens (including phenoxy) is 7. The summed E-state index contributed by atoms with van der Waals surface area (Å²) in [7, 11) is 7.49. The van der Waals surface area contributed by atoms with Crippen LogP contribution in [0.1, 0.15) is 121 Å². The normalized spacial score (nSPS) is 45.4. The number of cyclic esters (lactones) is 1. The lowest BCUT2D eigenvalue weighted by atomic mass is 9.77. The Morgan fingerprint density at radius 2 is 1.59 bits per heavy atom. The molecule has 17 atom stereocenters. The number of aliphatic hydroxyl groups is 3. The van der Waals surface area contributed by atoms with Gasteiger partial charge in [0, 0.05) is 50.9 Å². The Bertz CT molecular complexity index is 1250. The first kappa shape index (κ1) is 48.9. The van der Waals surface area contributed by atoms with Gasteiger partial charge in [-0.3, -0.25) is 14.5 Å². The standard InChI is InChI=1S/C42H78N2O12/c1-16-18-32(45)54-38-28(7)44(14)23-24(3)21-40(9,48)37(56-33-20-30(43(12)13)19-25(4)51-33)26(5)35(27(6)39(47)53-31(17-2)42(38,11)49)55-34-22-41(10,50-15)36(46)29(8)52-34/h24-31,33-38,46,48-49H,16-23H2,1-15H3/t24-,25-,26+,27-,28-,29+,30?,31-,33+,34+,35+,36+,37-,38-,40-,41-,42-/m1/s1. The Morgan fingerprint density at radius 3 is 2.16 bits per heavy atom. The molecule has 0 saturated carbocycles. The van der Waals surface area contributed by atoms with Crippen molar-refractivity contribution in [2.75, 3.05) is 34.8 Å². The molecule has 56 heavy (non-hydrogen) atoms. The molecule has 3 heterocycles. The predicted molar refractivity (Wildman–Crippen MR) is 212 cm³/mol. The molecule has 328 valence electrons. The summed E-state index contributed by atoms with van der Waals surface area (Å²) in [4.78, 5) is 31.7. The molecule has 0 aliphatic carbocycles. The van der Waals surface area contributed by atoms with Crippen molar-refractivity contribution in [2.45, 2.75) is 205 Å². The van der Waals surface area contributed by atoms with Crippen LogP contribution in [-0.4, -0.2) is 156 Å². The first-order chi connectivity index (χ1) is 25.9. The molecule has 1 unspecified atom stereocenters. The molecule has 3 N–H and O–H groups in total. The van der Waals surface area contributed by atoms with Crippen LogP contribution in [0.2, 0.25) is 0 Å². The van der Waals surface area contributed by atoms with E-state index in [9.17, 15) is 24.9 Å². The SMILES string of the molecule is CCCC(=O)O[C@@H]1[C@@H](C)N(C)C[C@H](C)C[C@@](C)(O)[C@H](O[C@H]2CC(N(C)C)C[C@@H](C)O2)[C@@H](C)[C@H](O[C@H]2C[C@@](C)(OC)[C@@H](O)[C@H](C)O2)[C@@H](C)C(=O)O[C@H](CC)[C@@]1(C)O. The summed E-state index contributed by atoms with van der Waals surface area (Å²) in [6.45, 7) is 20.6. The topological polar surface area (TPSA) is 166 Å². The number of methoxy groups -OCH3 is 1. The molecule has 14 heteroatoms. The van der Waals surface area contributed by atoms with Crippen molar-refractivity contribution in [3.05, 3.63) is 0 Å². The molecule has 3 fully saturated rings. The number of aliphatic hydroxyl groups excluding tert-OH is 1. The third kappa shape index (κ3) is 11.8. The van der Waals surface area contributed by atoms with E-state index in [0.717, 1.165) is 6.42 Å². The molecule has 0 spiro atoms. The van der Waals surface area contributed by atoms with Crippen LogP contribution in [0.4, 0.5) is 0 Å². The van der Waals surface area contributed by atoms with Crippen molar-refractivity contribution in [1.82, 2.24) is 9.80 Å². The Labute approximate surface area is 337 Å². The van der Waals surface area contributed by atoms with Crippen molar-refractivity contribution in [3.8, 4) is 0 Å². The Morgan fingerprint density at radius 1 is 0.946 bits per heavy atom. The number of hydrogen-bond acceptors (Lipinski definition) is 14. The van der Waals surface area contributed by atoms with E-state index in [1.54, 1.807) is 34.6 Å². The lowest BCUT2D eigenvalue weighted by molar-refractivity contribution is -0.308. The number of nitrogens with zero attached hydrogens (tertiary/aromatic N) is 2. The maximum atomic E-state index is 14.5. The van der Waals surface area contributed by atoms with Gasteiger partial charge in [0.15, 0.2) is 12.6 Å². The quantitative estimate of drug-likeness (QED) is 0.268. The van der Waals surface area contributed by atoms with Crippen LogP contribution < -0.4 is 0 Å². The molecule has 3 saturated heterocycles. The molecule has 3 rings (SSSR count). The minimum Gasteiger partial charge on any atom is -0.459 e. The molecular weight excluding hydrogens is 724 g/mol. The highest BCUT2D eigenvalue weighted by atomic mass is 16.7. The Hall–Kier alpha value is -1.46. The van der Waals surface area contributed by atoms with Crippen molar-refractivity contribution in [3.63, 3.8) is 0 Å². The predicted octanol–water partition coefficient (Wildman–Crippen LogP) is 4.28. The van der Waals surface area contributed by atoms with Gasteiger partial charge in [-0.15, -0.1) is 0 Å². The van der Waals surface area contributed by atoms with Crippen molar-refractivity contribution in [1.29, 1.82) is 0 Å². The van der Waals surface area contributed by atoms with Gasteiger partial charge in [0.25, 0.3) is 0 Å². The monoisotopic (exact) mass is 803 g/mol.